The summed E-state index contributed by atoms with van der Waals surface area (Å²) in [5.41, 5.74) is 0.569. The number of piperidine rings is 1. The Hall–Kier alpha value is -1.76. The van der Waals surface area contributed by atoms with Crippen molar-refractivity contribution in [2.45, 2.75) is 19.8 Å². The lowest BCUT2D eigenvalue weighted by atomic mass is 9.97. The number of amides is 1. The van der Waals surface area contributed by atoms with E-state index in [0.717, 1.165) is 19.4 Å². The first-order valence-electron chi connectivity index (χ1n) is 8.59. The molecule has 2 heterocycles. The van der Waals surface area contributed by atoms with Crippen LogP contribution in [0.25, 0.3) is 5.69 Å². The molecular weight excluding hydrogens is 411 g/mol. The number of halogens is 3. The Morgan fingerprint density at radius 1 is 1.30 bits per heavy atom. The Morgan fingerprint density at radius 2 is 2.07 bits per heavy atom. The van der Waals surface area contributed by atoms with E-state index in [1.54, 1.807) is 24.4 Å². The first kappa shape index (κ1) is 20.0. The van der Waals surface area contributed by atoms with Crippen molar-refractivity contribution in [1.82, 2.24) is 15.1 Å². The summed E-state index contributed by atoms with van der Waals surface area (Å²) < 4.78 is 1.17. The minimum Gasteiger partial charge on any atom is -0.369 e. The molecule has 1 aromatic carbocycles. The van der Waals surface area contributed by atoms with Crippen LogP contribution in [0.2, 0.25) is 15.1 Å². The first-order valence-corrected chi connectivity index (χ1v) is 9.73. The van der Waals surface area contributed by atoms with E-state index < -0.39 is 5.56 Å². The summed E-state index contributed by atoms with van der Waals surface area (Å²) in [5, 5.41) is 7.98. The molecule has 0 radical (unpaired) electrons. The Bertz CT molecular complexity index is 916. The number of hydrogen-bond acceptors (Lipinski definition) is 4. The minimum absolute atomic E-state index is 0.0470. The van der Waals surface area contributed by atoms with Crippen molar-refractivity contribution in [3.05, 3.63) is 49.8 Å². The van der Waals surface area contributed by atoms with Gasteiger partial charge >= 0.3 is 0 Å². The summed E-state index contributed by atoms with van der Waals surface area (Å²) in [6.45, 7) is 3.59. The quantitative estimate of drug-likeness (QED) is 0.807. The van der Waals surface area contributed by atoms with Gasteiger partial charge in [0.05, 0.1) is 22.6 Å². The molecule has 0 saturated carbocycles. The van der Waals surface area contributed by atoms with Crippen LogP contribution in [-0.2, 0) is 4.79 Å². The molecule has 1 aromatic heterocycles. The van der Waals surface area contributed by atoms with E-state index >= 15 is 0 Å². The maximum Gasteiger partial charge on any atom is 0.292 e. The van der Waals surface area contributed by atoms with Crippen molar-refractivity contribution in [3.63, 3.8) is 0 Å². The number of nitrogens with zero attached hydrogens (tertiary/aromatic N) is 3. The summed E-state index contributed by atoms with van der Waals surface area (Å²) in [6, 6.07) is 4.81. The Morgan fingerprint density at radius 3 is 2.78 bits per heavy atom. The molecule has 1 amide bonds. The highest BCUT2D eigenvalue weighted by Crippen LogP contribution is 2.28. The van der Waals surface area contributed by atoms with Crippen molar-refractivity contribution in [2.24, 2.45) is 5.92 Å². The van der Waals surface area contributed by atoms with Crippen LogP contribution >= 0.6 is 34.8 Å². The second kappa shape index (κ2) is 8.50. The number of carbonyl (C=O) groups is 1. The molecule has 0 spiro atoms. The van der Waals surface area contributed by atoms with Crippen LogP contribution in [0.4, 0.5) is 5.69 Å². The average molecular weight is 430 g/mol. The SMILES string of the molecule is CC(=O)NCC1CCCN(c2cnn(-c3ccc(Cl)cc3Cl)c(=O)c2Cl)C1. The molecule has 1 aliphatic heterocycles. The van der Waals surface area contributed by atoms with Crippen LogP contribution in [0.15, 0.2) is 29.2 Å². The molecule has 6 nitrogen and oxygen atoms in total. The third kappa shape index (κ3) is 4.57. The van der Waals surface area contributed by atoms with E-state index in [1.807, 2.05) is 4.90 Å². The van der Waals surface area contributed by atoms with Crippen LogP contribution < -0.4 is 15.8 Å². The molecule has 0 aliphatic carbocycles. The second-order valence-corrected chi connectivity index (χ2v) is 7.77. The van der Waals surface area contributed by atoms with Gasteiger partial charge in [-0.3, -0.25) is 9.59 Å². The maximum atomic E-state index is 12.8. The van der Waals surface area contributed by atoms with Crippen molar-refractivity contribution in [3.8, 4) is 5.69 Å². The van der Waals surface area contributed by atoms with Gasteiger partial charge in [0.15, 0.2) is 0 Å². The van der Waals surface area contributed by atoms with Gasteiger partial charge in [-0.15, -0.1) is 0 Å². The highest BCUT2D eigenvalue weighted by Gasteiger charge is 2.24. The number of rotatable bonds is 4. The van der Waals surface area contributed by atoms with Gasteiger partial charge in [-0.1, -0.05) is 34.8 Å². The fourth-order valence-electron chi connectivity index (χ4n) is 3.21. The topological polar surface area (TPSA) is 67.2 Å². The highest BCUT2D eigenvalue weighted by atomic mass is 35.5. The predicted octanol–water partition coefficient (Wildman–Crippen LogP) is 3.55. The van der Waals surface area contributed by atoms with E-state index in [-0.39, 0.29) is 10.9 Å². The number of aromatic nitrogens is 2. The normalized spacial score (nSPS) is 17.0. The third-order valence-corrected chi connectivity index (χ3v) is 5.43. The standard InChI is InChI=1S/C18H19Cl3N4O2/c1-11(26)22-8-12-3-2-6-24(10-12)16-9-23-25(18(27)17(16)21)15-5-4-13(19)7-14(15)20/h4-5,7,9,12H,2-3,6,8,10H2,1H3,(H,22,26). The Balaban J connectivity index is 1.86. The smallest absolute Gasteiger partial charge is 0.292 e. The molecule has 0 bridgehead atoms. The van der Waals surface area contributed by atoms with E-state index in [4.69, 9.17) is 34.8 Å². The van der Waals surface area contributed by atoms with Crippen molar-refractivity contribution < 1.29 is 4.79 Å². The van der Waals surface area contributed by atoms with Gasteiger partial charge in [0.1, 0.15) is 5.02 Å². The average Bonchev–Trinajstić information content (AvgIpc) is 2.63. The summed E-state index contributed by atoms with van der Waals surface area (Å²) in [7, 11) is 0. The van der Waals surface area contributed by atoms with Crippen LogP contribution in [-0.4, -0.2) is 35.3 Å². The maximum absolute atomic E-state index is 12.8. The summed E-state index contributed by atoms with van der Waals surface area (Å²) in [5.74, 6) is 0.251. The van der Waals surface area contributed by atoms with Crippen molar-refractivity contribution in [2.75, 3.05) is 24.5 Å². The number of benzene rings is 1. The van der Waals surface area contributed by atoms with Crippen molar-refractivity contribution >= 4 is 46.4 Å². The van der Waals surface area contributed by atoms with E-state index in [9.17, 15) is 9.59 Å². The molecule has 1 saturated heterocycles. The molecular formula is C18H19Cl3N4O2. The van der Waals surface area contributed by atoms with E-state index in [2.05, 4.69) is 10.4 Å². The lowest BCUT2D eigenvalue weighted by molar-refractivity contribution is -0.119. The molecule has 144 valence electrons. The molecule has 27 heavy (non-hydrogen) atoms. The van der Waals surface area contributed by atoms with Crippen LogP contribution in [0, 0.1) is 5.92 Å². The number of nitrogens with one attached hydrogen (secondary N) is 1. The van der Waals surface area contributed by atoms with Gasteiger partial charge in [-0.25, -0.2) is 0 Å². The van der Waals surface area contributed by atoms with Gasteiger partial charge < -0.3 is 10.2 Å². The van der Waals surface area contributed by atoms with E-state index in [1.165, 1.54) is 11.6 Å². The lowest BCUT2D eigenvalue weighted by Crippen LogP contribution is -2.41. The largest absolute Gasteiger partial charge is 0.369 e. The van der Waals surface area contributed by atoms with Gasteiger partial charge in [-0.2, -0.15) is 9.78 Å². The predicted molar refractivity (Wildman–Crippen MR) is 108 cm³/mol. The number of hydrogen-bond donors (Lipinski definition) is 1. The number of anilines is 1. The highest BCUT2D eigenvalue weighted by molar-refractivity contribution is 6.36. The van der Waals surface area contributed by atoms with Gasteiger partial charge in [0.2, 0.25) is 5.91 Å². The molecule has 1 N–H and O–H groups in total. The molecule has 1 unspecified atom stereocenters. The van der Waals surface area contributed by atoms with Gasteiger partial charge in [0, 0.05) is 31.6 Å². The fourth-order valence-corrected chi connectivity index (χ4v) is 3.94. The fraction of sp³-hybridized carbons (Fsp3) is 0.389. The zero-order valence-corrected chi connectivity index (χ0v) is 17.0. The lowest BCUT2D eigenvalue weighted by Gasteiger charge is -2.34. The number of carbonyl (C=O) groups excluding carboxylic acids is 1. The van der Waals surface area contributed by atoms with Crippen LogP contribution in [0.1, 0.15) is 19.8 Å². The van der Waals surface area contributed by atoms with Gasteiger partial charge in [0.25, 0.3) is 5.56 Å². The zero-order chi connectivity index (χ0) is 19.6. The molecule has 2 aromatic rings. The monoisotopic (exact) mass is 428 g/mol. The molecule has 3 rings (SSSR count). The summed E-state index contributed by atoms with van der Waals surface area (Å²) in [6.07, 6.45) is 3.54. The van der Waals surface area contributed by atoms with Crippen LogP contribution in [0.3, 0.4) is 0 Å². The molecule has 1 aliphatic rings. The second-order valence-electron chi connectivity index (χ2n) is 6.55. The zero-order valence-electron chi connectivity index (χ0n) is 14.7. The van der Waals surface area contributed by atoms with E-state index in [0.29, 0.717) is 40.4 Å². The molecule has 1 atom stereocenters. The summed E-state index contributed by atoms with van der Waals surface area (Å²) >= 11 is 18.5. The Labute approximate surface area is 172 Å². The van der Waals surface area contributed by atoms with Crippen molar-refractivity contribution in [1.29, 1.82) is 0 Å². The molecule has 1 fully saturated rings. The minimum atomic E-state index is -0.442. The Kier molecular flexibility index (Phi) is 6.29. The molecule has 9 heteroatoms. The summed E-state index contributed by atoms with van der Waals surface area (Å²) in [4.78, 5) is 25.9. The van der Waals surface area contributed by atoms with Crippen LogP contribution in [0.5, 0.6) is 0 Å². The first-order chi connectivity index (χ1) is 12.9. The third-order valence-electron chi connectivity index (χ3n) is 4.54. The van der Waals surface area contributed by atoms with Gasteiger partial charge in [-0.05, 0) is 37.0 Å².